The summed E-state index contributed by atoms with van der Waals surface area (Å²) in [5.41, 5.74) is 10.2. The maximum absolute atomic E-state index is 8.82. The van der Waals surface area contributed by atoms with Gasteiger partial charge in [0.25, 0.3) is 0 Å². The predicted molar refractivity (Wildman–Crippen MR) is 68.2 cm³/mol. The first-order valence-electron chi connectivity index (χ1n) is 5.27. The molecule has 1 aromatic carbocycles. The van der Waals surface area contributed by atoms with Crippen molar-refractivity contribution in [3.05, 3.63) is 53.9 Å². The monoisotopic (exact) mass is 240 g/mol. The molecule has 2 aromatic rings. The average Bonchev–Trinajstić information content (AvgIpc) is 2.94. The van der Waals surface area contributed by atoms with Crippen molar-refractivity contribution in [2.75, 3.05) is 0 Å². The van der Waals surface area contributed by atoms with Gasteiger partial charge in [-0.1, -0.05) is 24.3 Å². The Morgan fingerprint density at radius 1 is 1.22 bits per heavy atom. The van der Waals surface area contributed by atoms with Crippen molar-refractivity contribution in [1.29, 1.82) is 5.26 Å². The van der Waals surface area contributed by atoms with Gasteiger partial charge in [-0.25, -0.2) is 5.84 Å². The van der Waals surface area contributed by atoms with Crippen LogP contribution in [0.25, 0.3) is 17.0 Å². The summed E-state index contributed by atoms with van der Waals surface area (Å²) in [6.07, 6.45) is 1.61. The van der Waals surface area contributed by atoms with Gasteiger partial charge in [-0.15, -0.1) is 0 Å². The summed E-state index contributed by atoms with van der Waals surface area (Å²) in [4.78, 5) is 0. The molecule has 5 N–H and O–H groups in total. The van der Waals surface area contributed by atoms with E-state index in [9.17, 15) is 0 Å². The van der Waals surface area contributed by atoms with Crippen LogP contribution in [0.3, 0.4) is 0 Å². The molecule has 0 saturated heterocycles. The Balaban J connectivity index is 2.34. The van der Waals surface area contributed by atoms with Crippen molar-refractivity contribution in [1.82, 2.24) is 5.43 Å². The minimum absolute atomic E-state index is 0.140. The van der Waals surface area contributed by atoms with Gasteiger partial charge in [0.1, 0.15) is 11.8 Å². The molecule has 0 radical (unpaired) electrons. The second kappa shape index (κ2) is 5.08. The molecule has 0 aliphatic rings. The lowest BCUT2D eigenvalue weighted by Crippen LogP contribution is -2.23. The number of nitriles is 1. The Morgan fingerprint density at radius 3 is 2.44 bits per heavy atom. The molecule has 0 bridgehead atoms. The van der Waals surface area contributed by atoms with Crippen LogP contribution in [0.2, 0.25) is 0 Å². The van der Waals surface area contributed by atoms with Crippen molar-refractivity contribution in [2.24, 2.45) is 11.6 Å². The standard InChI is InChI=1S/C13H12N4O/c14-8-11(17-16)13(15)10-5-3-9(4-6-10)12-2-1-7-18-12/h1-7,17H,15-16H2/b13-11-. The van der Waals surface area contributed by atoms with E-state index in [4.69, 9.17) is 21.3 Å². The zero-order valence-corrected chi connectivity index (χ0v) is 9.55. The Bertz CT molecular complexity index is 591. The van der Waals surface area contributed by atoms with E-state index in [2.05, 4.69) is 5.43 Å². The van der Waals surface area contributed by atoms with E-state index in [0.717, 1.165) is 16.9 Å². The molecular formula is C13H12N4O. The summed E-state index contributed by atoms with van der Waals surface area (Å²) >= 11 is 0. The first kappa shape index (κ1) is 11.8. The number of nitrogens with one attached hydrogen (secondary N) is 1. The number of hydrogen-bond acceptors (Lipinski definition) is 5. The number of nitrogens with zero attached hydrogens (tertiary/aromatic N) is 1. The molecule has 0 spiro atoms. The highest BCUT2D eigenvalue weighted by Gasteiger charge is 2.05. The fourth-order valence-electron chi connectivity index (χ4n) is 1.57. The zero-order chi connectivity index (χ0) is 13.0. The lowest BCUT2D eigenvalue weighted by atomic mass is 10.1. The summed E-state index contributed by atoms with van der Waals surface area (Å²) < 4.78 is 5.28. The predicted octanol–water partition coefficient (Wildman–Crippen LogP) is 1.56. The molecule has 1 aromatic heterocycles. The molecule has 1 heterocycles. The van der Waals surface area contributed by atoms with Crippen LogP contribution in [0.1, 0.15) is 5.56 Å². The Kier molecular flexibility index (Phi) is 3.32. The van der Waals surface area contributed by atoms with Gasteiger partial charge >= 0.3 is 0 Å². The summed E-state index contributed by atoms with van der Waals surface area (Å²) in [6.45, 7) is 0. The Hall–Kier alpha value is -2.71. The lowest BCUT2D eigenvalue weighted by Gasteiger charge is -2.05. The third-order valence-corrected chi connectivity index (χ3v) is 2.53. The number of hydrogen-bond donors (Lipinski definition) is 3. The minimum Gasteiger partial charge on any atom is -0.464 e. The first-order chi connectivity index (χ1) is 8.76. The molecule has 0 unspecified atom stereocenters. The molecule has 90 valence electrons. The number of benzene rings is 1. The third-order valence-electron chi connectivity index (χ3n) is 2.53. The molecule has 0 atom stereocenters. The number of hydrazine groups is 1. The van der Waals surface area contributed by atoms with Crippen LogP contribution in [-0.2, 0) is 0 Å². The van der Waals surface area contributed by atoms with Gasteiger partial charge < -0.3 is 15.6 Å². The third kappa shape index (κ3) is 2.19. The lowest BCUT2D eigenvalue weighted by molar-refractivity contribution is 0.582. The Morgan fingerprint density at radius 2 is 1.94 bits per heavy atom. The van der Waals surface area contributed by atoms with E-state index in [1.807, 2.05) is 42.5 Å². The van der Waals surface area contributed by atoms with Crippen LogP contribution in [0, 0.1) is 11.3 Å². The van der Waals surface area contributed by atoms with Crippen LogP contribution in [-0.4, -0.2) is 0 Å². The van der Waals surface area contributed by atoms with Crippen molar-refractivity contribution >= 4 is 5.70 Å². The van der Waals surface area contributed by atoms with Crippen LogP contribution >= 0.6 is 0 Å². The van der Waals surface area contributed by atoms with Gasteiger partial charge in [-0.05, 0) is 12.1 Å². The second-order valence-corrected chi connectivity index (χ2v) is 3.60. The quantitative estimate of drug-likeness (QED) is 0.429. The van der Waals surface area contributed by atoms with E-state index >= 15 is 0 Å². The number of rotatable bonds is 3. The van der Waals surface area contributed by atoms with Crippen molar-refractivity contribution in [3.8, 4) is 17.4 Å². The molecule has 0 amide bonds. The molecule has 5 nitrogen and oxygen atoms in total. The molecule has 18 heavy (non-hydrogen) atoms. The molecular weight excluding hydrogens is 228 g/mol. The summed E-state index contributed by atoms with van der Waals surface area (Å²) in [7, 11) is 0. The SMILES string of the molecule is N#C/C(NN)=C(/N)c1ccc(-c2ccco2)cc1. The van der Waals surface area contributed by atoms with Gasteiger partial charge in [-0.3, -0.25) is 0 Å². The van der Waals surface area contributed by atoms with Crippen LogP contribution in [0.15, 0.2) is 52.8 Å². The number of nitrogens with two attached hydrogens (primary N) is 2. The van der Waals surface area contributed by atoms with E-state index in [0.29, 0.717) is 5.70 Å². The van der Waals surface area contributed by atoms with E-state index < -0.39 is 0 Å². The van der Waals surface area contributed by atoms with Crippen LogP contribution < -0.4 is 17.0 Å². The van der Waals surface area contributed by atoms with E-state index in [1.165, 1.54) is 0 Å². The fraction of sp³-hybridized carbons (Fsp3) is 0. The smallest absolute Gasteiger partial charge is 0.151 e. The van der Waals surface area contributed by atoms with Gasteiger partial charge in [0.05, 0.1) is 12.0 Å². The summed E-state index contributed by atoms with van der Waals surface area (Å²) in [5, 5.41) is 8.82. The van der Waals surface area contributed by atoms with E-state index in [-0.39, 0.29) is 5.70 Å². The second-order valence-electron chi connectivity index (χ2n) is 3.60. The maximum atomic E-state index is 8.82. The molecule has 0 fully saturated rings. The maximum Gasteiger partial charge on any atom is 0.151 e. The van der Waals surface area contributed by atoms with E-state index in [1.54, 1.807) is 6.26 Å². The largest absolute Gasteiger partial charge is 0.464 e. The van der Waals surface area contributed by atoms with Crippen molar-refractivity contribution in [2.45, 2.75) is 0 Å². The highest BCUT2D eigenvalue weighted by Crippen LogP contribution is 2.21. The highest BCUT2D eigenvalue weighted by molar-refractivity contribution is 5.70. The normalized spacial score (nSPS) is 11.6. The Labute approximate surface area is 104 Å². The molecule has 0 aliphatic carbocycles. The highest BCUT2D eigenvalue weighted by atomic mass is 16.3. The van der Waals surface area contributed by atoms with Gasteiger partial charge in [0.15, 0.2) is 5.70 Å². The molecule has 0 saturated carbocycles. The topological polar surface area (TPSA) is 101 Å². The van der Waals surface area contributed by atoms with Crippen LogP contribution in [0.4, 0.5) is 0 Å². The molecule has 2 rings (SSSR count). The average molecular weight is 240 g/mol. The molecule has 5 heteroatoms. The molecule has 0 aliphatic heterocycles. The first-order valence-corrected chi connectivity index (χ1v) is 5.27. The van der Waals surface area contributed by atoms with Crippen LogP contribution in [0.5, 0.6) is 0 Å². The minimum atomic E-state index is 0.140. The van der Waals surface area contributed by atoms with Crippen molar-refractivity contribution < 1.29 is 4.42 Å². The van der Waals surface area contributed by atoms with Gasteiger partial charge in [0.2, 0.25) is 0 Å². The fourth-order valence-corrected chi connectivity index (χ4v) is 1.57. The summed E-state index contributed by atoms with van der Waals surface area (Å²) in [6, 6.07) is 12.9. The number of allylic oxidation sites excluding steroid dienone is 1. The number of furan rings is 1. The zero-order valence-electron chi connectivity index (χ0n) is 9.55. The van der Waals surface area contributed by atoms with Crippen molar-refractivity contribution in [3.63, 3.8) is 0 Å². The van der Waals surface area contributed by atoms with Gasteiger partial charge in [0, 0.05) is 11.1 Å². The summed E-state index contributed by atoms with van der Waals surface area (Å²) in [5.74, 6) is 5.98. The van der Waals surface area contributed by atoms with Gasteiger partial charge in [-0.2, -0.15) is 5.26 Å².